The molecule has 1 atom stereocenters. The van der Waals surface area contributed by atoms with Crippen molar-refractivity contribution >= 4 is 29.5 Å². The molecule has 0 aliphatic carbocycles. The molecule has 2 aromatic heterocycles. The zero-order chi connectivity index (χ0) is 17.8. The van der Waals surface area contributed by atoms with Gasteiger partial charge in [0.25, 0.3) is 0 Å². The van der Waals surface area contributed by atoms with Crippen molar-refractivity contribution in [3.8, 4) is 11.4 Å². The molecule has 0 saturated carbocycles. The Morgan fingerprint density at radius 2 is 2.12 bits per heavy atom. The molecule has 1 amide bonds. The first-order chi connectivity index (χ1) is 12.0. The number of nitrogens with zero attached hydrogens (tertiary/aromatic N) is 2. The van der Waals surface area contributed by atoms with Crippen molar-refractivity contribution in [2.75, 3.05) is 0 Å². The number of carbonyl (C=O) groups is 1. The quantitative estimate of drug-likeness (QED) is 0.636. The minimum Gasteiger partial charge on any atom is -0.349 e. The van der Waals surface area contributed by atoms with E-state index in [-0.39, 0.29) is 11.9 Å². The van der Waals surface area contributed by atoms with Crippen LogP contribution in [-0.4, -0.2) is 20.7 Å². The van der Waals surface area contributed by atoms with E-state index in [1.807, 2.05) is 60.2 Å². The van der Waals surface area contributed by atoms with Crippen LogP contribution in [0.5, 0.6) is 0 Å². The fourth-order valence-corrected chi connectivity index (χ4v) is 3.54. The van der Waals surface area contributed by atoms with Crippen LogP contribution < -0.4 is 5.32 Å². The summed E-state index contributed by atoms with van der Waals surface area (Å²) in [5.41, 5.74) is 2.16. The van der Waals surface area contributed by atoms with Crippen molar-refractivity contribution in [3.63, 3.8) is 0 Å². The molecule has 0 spiro atoms. The van der Waals surface area contributed by atoms with Gasteiger partial charge in [-0.05, 0) is 37.5 Å². The number of thiophene rings is 1. The Kier molecular flexibility index (Phi) is 5.45. The van der Waals surface area contributed by atoms with Gasteiger partial charge in [-0.25, -0.2) is 0 Å². The van der Waals surface area contributed by atoms with Gasteiger partial charge in [-0.2, -0.15) is 5.10 Å². The first-order valence-electron chi connectivity index (χ1n) is 8.09. The summed E-state index contributed by atoms with van der Waals surface area (Å²) in [4.78, 5) is 13.4. The topological polar surface area (TPSA) is 62.7 Å². The number of rotatable bonds is 6. The van der Waals surface area contributed by atoms with Gasteiger partial charge in [0, 0.05) is 23.4 Å². The van der Waals surface area contributed by atoms with Gasteiger partial charge in [0.15, 0.2) is 10.6 Å². The smallest absolute Gasteiger partial charge is 0.222 e. The van der Waals surface area contributed by atoms with Crippen LogP contribution in [0.2, 0.25) is 0 Å². The van der Waals surface area contributed by atoms with Crippen LogP contribution >= 0.6 is 23.6 Å². The Morgan fingerprint density at radius 3 is 2.80 bits per heavy atom. The summed E-state index contributed by atoms with van der Waals surface area (Å²) >= 11 is 6.96. The maximum atomic E-state index is 12.3. The Morgan fingerprint density at radius 1 is 1.36 bits per heavy atom. The van der Waals surface area contributed by atoms with Crippen LogP contribution in [0.25, 0.3) is 11.4 Å². The van der Waals surface area contributed by atoms with E-state index in [0.717, 1.165) is 16.3 Å². The van der Waals surface area contributed by atoms with Gasteiger partial charge in [0.1, 0.15) is 0 Å². The van der Waals surface area contributed by atoms with E-state index >= 15 is 0 Å². The van der Waals surface area contributed by atoms with Gasteiger partial charge < -0.3 is 5.32 Å². The standard InChI is InChI=1S/C18H20N4OS2/c1-12-5-7-14(8-6-12)17-20-21-18(24)22(17)10-9-16(23)19-13(2)15-4-3-11-25-15/h3-8,11,13H,9-10H2,1-2H3,(H,19,23)(H,21,24)/t13-/m1/s1. The summed E-state index contributed by atoms with van der Waals surface area (Å²) in [5.74, 6) is 0.753. The van der Waals surface area contributed by atoms with E-state index in [1.165, 1.54) is 5.56 Å². The molecule has 0 aliphatic rings. The van der Waals surface area contributed by atoms with Crippen LogP contribution in [0.3, 0.4) is 0 Å². The Hall–Kier alpha value is -2.25. The molecular weight excluding hydrogens is 352 g/mol. The molecule has 7 heteroatoms. The van der Waals surface area contributed by atoms with Crippen molar-refractivity contribution in [2.45, 2.75) is 32.9 Å². The third kappa shape index (κ3) is 4.24. The summed E-state index contributed by atoms with van der Waals surface area (Å²) in [6.45, 7) is 4.52. The Labute approximate surface area is 155 Å². The molecule has 0 fully saturated rings. The lowest BCUT2D eigenvalue weighted by atomic mass is 10.1. The van der Waals surface area contributed by atoms with Crippen LogP contribution in [-0.2, 0) is 11.3 Å². The molecule has 0 saturated heterocycles. The number of aromatic nitrogens is 3. The first kappa shape index (κ1) is 17.6. The molecule has 0 unspecified atom stereocenters. The third-order valence-corrected chi connectivity index (χ3v) is 5.34. The van der Waals surface area contributed by atoms with Gasteiger partial charge in [0.05, 0.1) is 6.04 Å². The molecular formula is C18H20N4OS2. The van der Waals surface area contributed by atoms with Crippen LogP contribution in [0.1, 0.15) is 29.8 Å². The average Bonchev–Trinajstić information content (AvgIpc) is 3.24. The predicted molar refractivity (Wildman–Crippen MR) is 103 cm³/mol. The number of hydrogen-bond acceptors (Lipinski definition) is 4. The Balaban J connectivity index is 1.67. The molecule has 2 heterocycles. The lowest BCUT2D eigenvalue weighted by molar-refractivity contribution is -0.121. The van der Waals surface area contributed by atoms with Gasteiger partial charge in [-0.3, -0.25) is 14.5 Å². The van der Waals surface area contributed by atoms with Crippen LogP contribution in [0.15, 0.2) is 41.8 Å². The lowest BCUT2D eigenvalue weighted by Gasteiger charge is -2.13. The van der Waals surface area contributed by atoms with Gasteiger partial charge in [-0.1, -0.05) is 35.9 Å². The fraction of sp³-hybridized carbons (Fsp3) is 0.278. The van der Waals surface area contributed by atoms with Crippen LogP contribution in [0, 0.1) is 11.7 Å². The Bertz CT molecular complexity index is 894. The highest BCUT2D eigenvalue weighted by molar-refractivity contribution is 7.71. The summed E-state index contributed by atoms with van der Waals surface area (Å²) in [7, 11) is 0. The van der Waals surface area contributed by atoms with Gasteiger partial charge >= 0.3 is 0 Å². The molecule has 1 aromatic carbocycles. The first-order valence-corrected chi connectivity index (χ1v) is 9.38. The van der Waals surface area contributed by atoms with Crippen molar-refractivity contribution in [2.24, 2.45) is 0 Å². The molecule has 0 radical (unpaired) electrons. The molecule has 0 bridgehead atoms. The lowest BCUT2D eigenvalue weighted by Crippen LogP contribution is -2.27. The molecule has 2 N–H and O–H groups in total. The largest absolute Gasteiger partial charge is 0.349 e. The van der Waals surface area contributed by atoms with Gasteiger partial charge in [-0.15, -0.1) is 11.3 Å². The number of H-pyrrole nitrogens is 1. The maximum Gasteiger partial charge on any atom is 0.222 e. The van der Waals surface area contributed by atoms with Crippen molar-refractivity contribution in [3.05, 3.63) is 57.0 Å². The number of aryl methyl sites for hydroxylation is 1. The zero-order valence-electron chi connectivity index (χ0n) is 14.2. The second-order valence-electron chi connectivity index (χ2n) is 5.92. The number of benzene rings is 1. The highest BCUT2D eigenvalue weighted by Gasteiger charge is 2.13. The number of carbonyl (C=O) groups excluding carboxylic acids is 1. The summed E-state index contributed by atoms with van der Waals surface area (Å²) in [6.07, 6.45) is 0.350. The summed E-state index contributed by atoms with van der Waals surface area (Å²) < 4.78 is 2.39. The second-order valence-corrected chi connectivity index (χ2v) is 7.29. The summed E-state index contributed by atoms with van der Waals surface area (Å²) in [5, 5.41) is 12.2. The highest BCUT2D eigenvalue weighted by atomic mass is 32.1. The van der Waals surface area contributed by atoms with E-state index in [2.05, 4.69) is 15.5 Å². The van der Waals surface area contributed by atoms with E-state index < -0.39 is 0 Å². The monoisotopic (exact) mass is 372 g/mol. The number of hydrogen-bond donors (Lipinski definition) is 2. The molecule has 3 rings (SSSR count). The third-order valence-electron chi connectivity index (χ3n) is 3.98. The molecule has 5 nitrogen and oxygen atoms in total. The van der Waals surface area contributed by atoms with Crippen molar-refractivity contribution in [1.82, 2.24) is 20.1 Å². The maximum absolute atomic E-state index is 12.3. The zero-order valence-corrected chi connectivity index (χ0v) is 15.8. The highest BCUT2D eigenvalue weighted by Crippen LogP contribution is 2.20. The number of aromatic amines is 1. The molecule has 3 aromatic rings. The van der Waals surface area contributed by atoms with Crippen molar-refractivity contribution in [1.29, 1.82) is 0 Å². The van der Waals surface area contributed by atoms with E-state index in [0.29, 0.717) is 17.7 Å². The van der Waals surface area contributed by atoms with E-state index in [9.17, 15) is 4.79 Å². The summed E-state index contributed by atoms with van der Waals surface area (Å²) in [6, 6.07) is 12.1. The van der Waals surface area contributed by atoms with Crippen LogP contribution in [0.4, 0.5) is 0 Å². The minimum absolute atomic E-state index is 0.00106. The molecule has 0 aliphatic heterocycles. The SMILES string of the molecule is Cc1ccc(-c2n[nH]c(=S)n2CCC(=O)N[C@H](C)c2cccs2)cc1. The predicted octanol–water partition coefficient (Wildman–Crippen LogP) is 4.25. The molecule has 25 heavy (non-hydrogen) atoms. The molecule has 130 valence electrons. The van der Waals surface area contributed by atoms with E-state index in [4.69, 9.17) is 12.2 Å². The number of amides is 1. The van der Waals surface area contributed by atoms with Crippen molar-refractivity contribution < 1.29 is 4.79 Å². The normalized spacial score (nSPS) is 12.1. The number of nitrogens with one attached hydrogen (secondary N) is 2. The average molecular weight is 373 g/mol. The van der Waals surface area contributed by atoms with E-state index in [1.54, 1.807) is 11.3 Å². The fourth-order valence-electron chi connectivity index (χ4n) is 2.58. The van der Waals surface area contributed by atoms with Gasteiger partial charge in [0.2, 0.25) is 5.91 Å². The second kappa shape index (κ2) is 7.76. The minimum atomic E-state index is -0.00106.